The summed E-state index contributed by atoms with van der Waals surface area (Å²) in [5.41, 5.74) is 0. The van der Waals surface area contributed by atoms with Crippen LogP contribution in [0.5, 0.6) is 0 Å². The van der Waals surface area contributed by atoms with E-state index in [4.69, 9.17) is 14.9 Å². The zero-order valence-electron chi connectivity index (χ0n) is 11.8. The minimum absolute atomic E-state index is 0.372. The minimum atomic E-state index is -0.840. The van der Waals surface area contributed by atoms with Crippen LogP contribution < -0.4 is 5.32 Å². The molecule has 0 heterocycles. The number of ether oxygens (including phenoxy) is 1. The molecule has 5 heteroatoms. The fraction of sp³-hybridized carbons (Fsp3) is 0.923. The Kier molecular flexibility index (Phi) is 8.75. The number of hydrogen-bond acceptors (Lipinski definition) is 4. The summed E-state index contributed by atoms with van der Waals surface area (Å²) in [6, 6.07) is 0. The maximum atomic E-state index is 11.4. The van der Waals surface area contributed by atoms with Gasteiger partial charge in [0.05, 0.1) is 13.2 Å². The lowest BCUT2D eigenvalue weighted by Gasteiger charge is -2.23. The predicted octanol–water partition coefficient (Wildman–Crippen LogP) is 1.38. The van der Waals surface area contributed by atoms with Crippen molar-refractivity contribution in [2.75, 3.05) is 19.8 Å². The second-order valence-electron chi connectivity index (χ2n) is 5.41. The molecule has 5 nitrogen and oxygen atoms in total. The highest BCUT2D eigenvalue weighted by atomic mass is 16.6. The molecule has 0 spiro atoms. The number of aliphatic hydroxyl groups is 2. The van der Waals surface area contributed by atoms with Crippen LogP contribution in [-0.4, -0.2) is 42.2 Å². The summed E-state index contributed by atoms with van der Waals surface area (Å²) in [4.78, 5) is 11.4. The fourth-order valence-corrected chi connectivity index (χ4v) is 1.74. The third-order valence-corrected chi connectivity index (χ3v) is 2.91. The lowest BCUT2D eigenvalue weighted by Crippen LogP contribution is -2.36. The average molecular weight is 261 g/mol. The topological polar surface area (TPSA) is 78.8 Å². The Hall–Kier alpha value is -0.810. The quantitative estimate of drug-likeness (QED) is 0.617. The van der Waals surface area contributed by atoms with Crippen LogP contribution >= 0.6 is 0 Å². The van der Waals surface area contributed by atoms with Crippen LogP contribution in [0.25, 0.3) is 0 Å². The zero-order chi connectivity index (χ0) is 14.1. The van der Waals surface area contributed by atoms with Gasteiger partial charge in [0.1, 0.15) is 6.10 Å². The van der Waals surface area contributed by atoms with Gasteiger partial charge in [-0.25, -0.2) is 4.79 Å². The van der Waals surface area contributed by atoms with Crippen molar-refractivity contribution in [3.8, 4) is 0 Å². The summed E-state index contributed by atoms with van der Waals surface area (Å²) >= 11 is 0. The Balaban J connectivity index is 4.06. The highest BCUT2D eigenvalue weighted by molar-refractivity contribution is 5.67. The normalized spacial score (nSPS) is 13.2. The molecule has 0 aliphatic heterocycles. The SMILES string of the molecule is CC(C)CC(CNC(=O)OC(CO)CO)C(C)C. The lowest BCUT2D eigenvalue weighted by atomic mass is 9.88. The molecule has 0 bridgehead atoms. The zero-order valence-corrected chi connectivity index (χ0v) is 11.8. The van der Waals surface area contributed by atoms with E-state index in [1.54, 1.807) is 0 Å². The van der Waals surface area contributed by atoms with E-state index >= 15 is 0 Å². The van der Waals surface area contributed by atoms with Crippen molar-refractivity contribution in [2.24, 2.45) is 17.8 Å². The van der Waals surface area contributed by atoms with Gasteiger partial charge in [-0.05, 0) is 24.2 Å². The van der Waals surface area contributed by atoms with Crippen molar-refractivity contribution >= 4 is 6.09 Å². The Bertz CT molecular complexity index is 227. The summed E-state index contributed by atoms with van der Waals surface area (Å²) in [7, 11) is 0. The Morgan fingerprint density at radius 3 is 2.11 bits per heavy atom. The van der Waals surface area contributed by atoms with Crippen LogP contribution in [0.4, 0.5) is 4.79 Å². The molecule has 0 aliphatic carbocycles. The third-order valence-electron chi connectivity index (χ3n) is 2.91. The summed E-state index contributed by atoms with van der Waals surface area (Å²) in [5.74, 6) is 1.47. The van der Waals surface area contributed by atoms with Crippen LogP contribution in [0.2, 0.25) is 0 Å². The van der Waals surface area contributed by atoms with E-state index in [9.17, 15) is 4.79 Å². The molecule has 0 rings (SSSR count). The first-order valence-corrected chi connectivity index (χ1v) is 6.56. The maximum Gasteiger partial charge on any atom is 0.407 e. The summed E-state index contributed by atoms with van der Waals surface area (Å²) in [5, 5.41) is 20.3. The molecule has 0 fully saturated rings. The van der Waals surface area contributed by atoms with Crippen molar-refractivity contribution in [2.45, 2.75) is 40.2 Å². The molecule has 1 amide bonds. The minimum Gasteiger partial charge on any atom is -0.441 e. The number of amides is 1. The van der Waals surface area contributed by atoms with Gasteiger partial charge in [-0.15, -0.1) is 0 Å². The number of rotatable bonds is 8. The molecule has 0 aromatic rings. The third kappa shape index (κ3) is 7.50. The summed E-state index contributed by atoms with van der Waals surface area (Å²) in [6.45, 7) is 8.38. The van der Waals surface area contributed by atoms with E-state index in [2.05, 4.69) is 33.0 Å². The second-order valence-corrected chi connectivity index (χ2v) is 5.41. The van der Waals surface area contributed by atoms with Gasteiger partial charge < -0.3 is 20.3 Å². The number of carbonyl (C=O) groups is 1. The van der Waals surface area contributed by atoms with Crippen molar-refractivity contribution < 1.29 is 19.7 Å². The number of carbonyl (C=O) groups excluding carboxylic acids is 1. The summed E-state index contributed by atoms with van der Waals surface area (Å²) < 4.78 is 4.83. The highest BCUT2D eigenvalue weighted by Gasteiger charge is 2.18. The smallest absolute Gasteiger partial charge is 0.407 e. The van der Waals surface area contributed by atoms with E-state index in [1.165, 1.54) is 0 Å². The molecule has 1 atom stereocenters. The monoisotopic (exact) mass is 261 g/mol. The van der Waals surface area contributed by atoms with Crippen molar-refractivity contribution in [3.63, 3.8) is 0 Å². The van der Waals surface area contributed by atoms with Gasteiger partial charge in [-0.3, -0.25) is 0 Å². The molecule has 0 aliphatic rings. The number of nitrogens with one attached hydrogen (secondary N) is 1. The lowest BCUT2D eigenvalue weighted by molar-refractivity contribution is 0.0215. The van der Waals surface area contributed by atoms with Crippen molar-refractivity contribution in [1.29, 1.82) is 0 Å². The first-order valence-electron chi connectivity index (χ1n) is 6.56. The fourth-order valence-electron chi connectivity index (χ4n) is 1.74. The summed E-state index contributed by atoms with van der Waals surface area (Å²) in [6.07, 6.45) is -0.383. The molecule has 0 aromatic carbocycles. The Morgan fingerprint density at radius 1 is 1.17 bits per heavy atom. The van der Waals surface area contributed by atoms with E-state index in [0.29, 0.717) is 24.3 Å². The molecule has 0 aromatic heterocycles. The molecule has 108 valence electrons. The van der Waals surface area contributed by atoms with E-state index in [1.807, 2.05) is 0 Å². The van der Waals surface area contributed by atoms with Gasteiger partial charge in [-0.1, -0.05) is 27.7 Å². The Labute approximate surface area is 110 Å². The van der Waals surface area contributed by atoms with Gasteiger partial charge in [0.15, 0.2) is 0 Å². The molecule has 1 unspecified atom stereocenters. The van der Waals surface area contributed by atoms with Gasteiger partial charge in [-0.2, -0.15) is 0 Å². The largest absolute Gasteiger partial charge is 0.441 e. The predicted molar refractivity (Wildman–Crippen MR) is 70.2 cm³/mol. The molecule has 0 saturated heterocycles. The molecular weight excluding hydrogens is 234 g/mol. The van der Waals surface area contributed by atoms with E-state index in [0.717, 1.165) is 6.42 Å². The second kappa shape index (κ2) is 9.16. The van der Waals surface area contributed by atoms with Crippen LogP contribution in [0, 0.1) is 17.8 Å². The van der Waals surface area contributed by atoms with E-state index < -0.39 is 12.2 Å². The molecule has 18 heavy (non-hydrogen) atoms. The number of aliphatic hydroxyl groups excluding tert-OH is 2. The van der Waals surface area contributed by atoms with Gasteiger partial charge in [0, 0.05) is 6.54 Å². The van der Waals surface area contributed by atoms with Gasteiger partial charge >= 0.3 is 6.09 Å². The highest BCUT2D eigenvalue weighted by Crippen LogP contribution is 2.19. The first-order chi connectivity index (χ1) is 8.40. The molecule has 0 saturated carbocycles. The van der Waals surface area contributed by atoms with Gasteiger partial charge in [0.25, 0.3) is 0 Å². The van der Waals surface area contributed by atoms with Gasteiger partial charge in [0.2, 0.25) is 0 Å². The molecular formula is C13H27NO4. The Morgan fingerprint density at radius 2 is 1.72 bits per heavy atom. The average Bonchev–Trinajstić information content (AvgIpc) is 2.30. The van der Waals surface area contributed by atoms with Crippen molar-refractivity contribution in [3.05, 3.63) is 0 Å². The van der Waals surface area contributed by atoms with Crippen LogP contribution in [0.3, 0.4) is 0 Å². The van der Waals surface area contributed by atoms with E-state index in [-0.39, 0.29) is 13.2 Å². The van der Waals surface area contributed by atoms with Crippen LogP contribution in [-0.2, 0) is 4.74 Å². The first kappa shape index (κ1) is 17.2. The molecule has 3 N–H and O–H groups in total. The van der Waals surface area contributed by atoms with Crippen LogP contribution in [0.15, 0.2) is 0 Å². The standard InChI is InChI=1S/C13H27NO4/c1-9(2)5-11(10(3)4)6-14-13(17)18-12(7-15)8-16/h9-12,15-16H,5-8H2,1-4H3,(H,14,17). The van der Waals surface area contributed by atoms with Crippen molar-refractivity contribution in [1.82, 2.24) is 5.32 Å². The molecule has 0 radical (unpaired) electrons. The number of alkyl carbamates (subject to hydrolysis) is 1. The van der Waals surface area contributed by atoms with Crippen LogP contribution in [0.1, 0.15) is 34.1 Å². The number of hydrogen-bond donors (Lipinski definition) is 3. The maximum absolute atomic E-state index is 11.4.